The van der Waals surface area contributed by atoms with Crippen LogP contribution < -0.4 is 20.1 Å². The van der Waals surface area contributed by atoms with Crippen LogP contribution in [0.25, 0.3) is 0 Å². The monoisotopic (exact) mass is 764 g/mol. The van der Waals surface area contributed by atoms with E-state index < -0.39 is 30.1 Å². The molecule has 10 heteroatoms. The molecule has 0 aliphatic rings. The average Bonchev–Trinajstić information content (AvgIpc) is 3.25. The van der Waals surface area contributed by atoms with Gasteiger partial charge in [0.15, 0.2) is 11.5 Å². The van der Waals surface area contributed by atoms with Gasteiger partial charge < -0.3 is 34.7 Å². The van der Waals surface area contributed by atoms with E-state index in [1.807, 2.05) is 133 Å². The summed E-state index contributed by atoms with van der Waals surface area (Å²) in [5, 5.41) is 16.1. The second-order valence-corrected chi connectivity index (χ2v) is 13.3. The van der Waals surface area contributed by atoms with Crippen LogP contribution in [0.1, 0.15) is 33.4 Å². The van der Waals surface area contributed by atoms with Gasteiger partial charge in [0.1, 0.15) is 44.3 Å². The topological polar surface area (TPSA) is 132 Å². The number of amides is 2. The number of rotatable bonds is 18. The lowest BCUT2D eigenvalue weighted by Gasteiger charge is -2.23. The highest BCUT2D eigenvalue weighted by molar-refractivity contribution is 5.90. The number of carbonyl (C=O) groups is 3. The quantitative estimate of drug-likeness (QED) is 0.0755. The predicted molar refractivity (Wildman–Crippen MR) is 215 cm³/mol. The number of phenols is 1. The molecule has 0 unspecified atom stereocenters. The van der Waals surface area contributed by atoms with Crippen LogP contribution in [0.2, 0.25) is 0 Å². The van der Waals surface area contributed by atoms with E-state index in [1.165, 1.54) is 6.07 Å². The Hall–Kier alpha value is -7.07. The van der Waals surface area contributed by atoms with Gasteiger partial charge in [0.05, 0.1) is 0 Å². The highest BCUT2D eigenvalue weighted by Crippen LogP contribution is 2.28. The third-order valence-corrected chi connectivity index (χ3v) is 8.96. The molecule has 57 heavy (non-hydrogen) atoms. The second kappa shape index (κ2) is 20.6. The smallest absolute Gasteiger partial charge is 0.408 e. The van der Waals surface area contributed by atoms with Crippen LogP contribution >= 0.6 is 0 Å². The minimum Gasteiger partial charge on any atom is -0.504 e. The minimum absolute atomic E-state index is 0.0000360. The van der Waals surface area contributed by atoms with Gasteiger partial charge in [-0.1, -0.05) is 140 Å². The normalized spacial score (nSPS) is 11.7. The summed E-state index contributed by atoms with van der Waals surface area (Å²) in [5.41, 5.74) is 4.81. The fraction of sp³-hybridized carbons (Fsp3) is 0.170. The van der Waals surface area contributed by atoms with Crippen molar-refractivity contribution in [3.05, 3.63) is 197 Å². The summed E-state index contributed by atoms with van der Waals surface area (Å²) in [6.45, 7) is 0.589. The van der Waals surface area contributed by atoms with Gasteiger partial charge in [-0.25, -0.2) is 9.59 Å². The van der Waals surface area contributed by atoms with Crippen molar-refractivity contribution < 1.29 is 38.4 Å². The molecule has 3 N–H and O–H groups in total. The van der Waals surface area contributed by atoms with Crippen molar-refractivity contribution in [3.8, 4) is 17.2 Å². The molecule has 0 aliphatic heterocycles. The first-order valence-corrected chi connectivity index (χ1v) is 18.6. The van der Waals surface area contributed by atoms with Crippen molar-refractivity contribution in [1.29, 1.82) is 0 Å². The van der Waals surface area contributed by atoms with Crippen LogP contribution in [0.15, 0.2) is 164 Å². The van der Waals surface area contributed by atoms with E-state index >= 15 is 0 Å². The molecule has 2 atom stereocenters. The zero-order valence-corrected chi connectivity index (χ0v) is 31.3. The maximum absolute atomic E-state index is 14.2. The van der Waals surface area contributed by atoms with Gasteiger partial charge in [0.25, 0.3) is 0 Å². The Labute approximate surface area is 332 Å². The lowest BCUT2D eigenvalue weighted by molar-refractivity contribution is -0.149. The third-order valence-electron chi connectivity index (χ3n) is 8.96. The lowest BCUT2D eigenvalue weighted by atomic mass is 10.0. The van der Waals surface area contributed by atoms with Gasteiger partial charge in [0.2, 0.25) is 5.91 Å². The Bertz CT molecular complexity index is 2170. The number of ether oxygens (including phenoxy) is 4. The summed E-state index contributed by atoms with van der Waals surface area (Å²) in [4.78, 5) is 41.0. The van der Waals surface area contributed by atoms with Crippen LogP contribution in [0.3, 0.4) is 0 Å². The molecular formula is C47H44N2O8. The molecular weight excluding hydrogens is 721 g/mol. The van der Waals surface area contributed by atoms with Crippen molar-refractivity contribution in [2.45, 2.75) is 51.4 Å². The zero-order chi connectivity index (χ0) is 39.7. The molecule has 0 bridgehead atoms. The molecule has 0 fully saturated rings. The SMILES string of the molecule is O=C(N[C@@H](Cc1ccc(OCc2ccccc2)cc1)C(=O)N[C@@H](Cc1ccc(O)c(OCc2ccccc2)c1)C(=O)OCc1ccccc1)OCc1ccccc1. The largest absolute Gasteiger partial charge is 0.504 e. The van der Waals surface area contributed by atoms with Crippen LogP contribution in [-0.2, 0) is 58.3 Å². The van der Waals surface area contributed by atoms with Crippen LogP contribution in [0.4, 0.5) is 4.79 Å². The van der Waals surface area contributed by atoms with Gasteiger partial charge in [-0.05, 0) is 57.6 Å². The van der Waals surface area contributed by atoms with E-state index in [0.29, 0.717) is 17.9 Å². The molecule has 6 aromatic carbocycles. The molecule has 6 aromatic rings. The van der Waals surface area contributed by atoms with Gasteiger partial charge >= 0.3 is 12.1 Å². The second-order valence-electron chi connectivity index (χ2n) is 13.3. The molecule has 6 rings (SSSR count). The van der Waals surface area contributed by atoms with Gasteiger partial charge in [-0.15, -0.1) is 0 Å². The fourth-order valence-corrected chi connectivity index (χ4v) is 5.88. The number of benzene rings is 6. The molecule has 0 spiro atoms. The zero-order valence-electron chi connectivity index (χ0n) is 31.3. The summed E-state index contributed by atoms with van der Waals surface area (Å²) >= 11 is 0. The average molecular weight is 765 g/mol. The van der Waals surface area contributed by atoms with Crippen molar-refractivity contribution in [3.63, 3.8) is 0 Å². The Morgan fingerprint density at radius 3 is 1.51 bits per heavy atom. The summed E-state index contributed by atoms with van der Waals surface area (Å²) in [5.74, 6) is -0.525. The standard InChI is InChI=1S/C47H44N2O8/c50-43-26-23-39(29-44(43)55-31-36-15-7-2-8-16-36)28-42(46(52)56-32-37-17-9-3-10-18-37)48-45(51)41(49-47(53)57-33-38-19-11-4-12-20-38)27-34-21-24-40(25-22-34)54-30-35-13-5-1-6-14-35/h1-26,29,41-42,50H,27-28,30-33H2,(H,48,51)(H,49,53)/t41-,42-/m0/s1. The molecule has 0 aliphatic carbocycles. The molecule has 2 amide bonds. The van der Waals surface area contributed by atoms with Gasteiger partial charge in [-0.3, -0.25) is 4.79 Å². The van der Waals surface area contributed by atoms with Gasteiger partial charge in [-0.2, -0.15) is 0 Å². The number of phenolic OH excluding ortho intramolecular Hbond substituents is 1. The predicted octanol–water partition coefficient (Wildman–Crippen LogP) is 7.86. The number of carbonyl (C=O) groups excluding carboxylic acids is 3. The molecule has 0 saturated heterocycles. The van der Waals surface area contributed by atoms with Crippen LogP contribution in [0, 0.1) is 0 Å². The molecule has 0 heterocycles. The first kappa shape index (κ1) is 39.6. The van der Waals surface area contributed by atoms with E-state index in [9.17, 15) is 19.5 Å². The number of nitrogens with one attached hydrogen (secondary N) is 2. The summed E-state index contributed by atoms with van der Waals surface area (Å²) in [7, 11) is 0. The first-order valence-electron chi connectivity index (χ1n) is 18.6. The summed E-state index contributed by atoms with van der Waals surface area (Å²) < 4.78 is 23.0. The lowest BCUT2D eigenvalue weighted by Crippen LogP contribution is -2.53. The Balaban J connectivity index is 1.19. The number of hydrogen-bond acceptors (Lipinski definition) is 8. The van der Waals surface area contributed by atoms with Crippen molar-refractivity contribution >= 4 is 18.0 Å². The van der Waals surface area contributed by atoms with Crippen molar-refractivity contribution in [1.82, 2.24) is 10.6 Å². The third kappa shape index (κ3) is 12.8. The highest BCUT2D eigenvalue weighted by Gasteiger charge is 2.29. The highest BCUT2D eigenvalue weighted by atomic mass is 16.5. The first-order chi connectivity index (χ1) is 27.9. The van der Waals surface area contributed by atoms with Gasteiger partial charge in [0, 0.05) is 12.8 Å². The van der Waals surface area contributed by atoms with Crippen molar-refractivity contribution in [2.75, 3.05) is 0 Å². The van der Waals surface area contributed by atoms with E-state index in [1.54, 1.807) is 24.3 Å². The van der Waals surface area contributed by atoms with E-state index in [2.05, 4.69) is 10.6 Å². The Kier molecular flexibility index (Phi) is 14.3. The maximum Gasteiger partial charge on any atom is 0.408 e. The summed E-state index contributed by atoms with van der Waals surface area (Å²) in [6.07, 6.45) is -0.725. The fourth-order valence-electron chi connectivity index (χ4n) is 5.88. The number of aromatic hydroxyl groups is 1. The van der Waals surface area contributed by atoms with E-state index in [4.69, 9.17) is 18.9 Å². The van der Waals surface area contributed by atoms with E-state index in [-0.39, 0.29) is 44.2 Å². The number of hydrogen-bond donors (Lipinski definition) is 3. The van der Waals surface area contributed by atoms with Crippen LogP contribution in [0.5, 0.6) is 17.2 Å². The number of alkyl carbamates (subject to hydrolysis) is 1. The number of esters is 1. The van der Waals surface area contributed by atoms with Crippen LogP contribution in [-0.4, -0.2) is 35.2 Å². The maximum atomic E-state index is 14.2. The molecule has 0 aromatic heterocycles. The van der Waals surface area contributed by atoms with E-state index in [0.717, 1.165) is 27.8 Å². The molecule has 10 nitrogen and oxygen atoms in total. The Morgan fingerprint density at radius 1 is 0.474 bits per heavy atom. The molecule has 0 saturated carbocycles. The Morgan fingerprint density at radius 2 is 0.947 bits per heavy atom. The van der Waals surface area contributed by atoms with Crippen molar-refractivity contribution in [2.24, 2.45) is 0 Å². The minimum atomic E-state index is -1.17. The summed E-state index contributed by atoms with van der Waals surface area (Å²) in [6, 6.07) is 47.3. The molecule has 0 radical (unpaired) electrons. The molecule has 290 valence electrons.